The minimum absolute atomic E-state index is 0.00935. The first-order valence-corrected chi connectivity index (χ1v) is 13.7. The molecule has 1 aliphatic rings. The van der Waals surface area contributed by atoms with Crippen molar-refractivity contribution in [3.63, 3.8) is 0 Å². The van der Waals surface area contributed by atoms with Crippen molar-refractivity contribution < 1.29 is 21.6 Å². The molecule has 33 heavy (non-hydrogen) atoms. The number of piperazine rings is 1. The number of rotatable bonds is 6. The molecule has 4 rings (SSSR count). The van der Waals surface area contributed by atoms with Crippen LogP contribution in [0.25, 0.3) is 0 Å². The molecule has 14 heteroatoms. The molecule has 1 N–H and O–H groups in total. The molecule has 0 aliphatic carbocycles. The molecule has 10 nitrogen and oxygen atoms in total. The number of nitrogens with one attached hydrogen (secondary N) is 1. The first-order valence-electron chi connectivity index (χ1n) is 9.64. The lowest BCUT2D eigenvalue weighted by Gasteiger charge is -2.32. The topological polar surface area (TPSA) is 130 Å². The molecule has 1 fully saturated rings. The highest BCUT2D eigenvalue weighted by molar-refractivity contribution is 7.91. The maximum absolute atomic E-state index is 13.0. The van der Waals surface area contributed by atoms with Crippen LogP contribution in [0.2, 0.25) is 5.02 Å². The van der Waals surface area contributed by atoms with Crippen LogP contribution in [0.1, 0.15) is 10.4 Å². The number of carbonyl (C=O) groups excluding carboxylic acids is 1. The fraction of sp³-hybridized carbons (Fsp3) is 0.211. The van der Waals surface area contributed by atoms with Crippen LogP contribution in [0.3, 0.4) is 0 Å². The van der Waals surface area contributed by atoms with E-state index in [1.54, 1.807) is 30.3 Å². The monoisotopic (exact) mass is 527 g/mol. The molecule has 2 aromatic carbocycles. The summed E-state index contributed by atoms with van der Waals surface area (Å²) in [7, 11) is -7.70. The molecular formula is C19H18ClN5O5S3. The van der Waals surface area contributed by atoms with Crippen LogP contribution >= 0.6 is 22.9 Å². The number of hydrogen-bond acceptors (Lipinski definition) is 8. The van der Waals surface area contributed by atoms with E-state index >= 15 is 0 Å². The van der Waals surface area contributed by atoms with Crippen molar-refractivity contribution in [2.24, 2.45) is 0 Å². The van der Waals surface area contributed by atoms with Crippen molar-refractivity contribution >= 4 is 54.0 Å². The van der Waals surface area contributed by atoms with Crippen molar-refractivity contribution in [2.75, 3.05) is 31.5 Å². The van der Waals surface area contributed by atoms with Crippen molar-refractivity contribution in [1.29, 1.82) is 0 Å². The Morgan fingerprint density at radius 2 is 1.42 bits per heavy atom. The molecule has 0 bridgehead atoms. The van der Waals surface area contributed by atoms with E-state index in [9.17, 15) is 21.6 Å². The summed E-state index contributed by atoms with van der Waals surface area (Å²) in [6, 6.07) is 14.2. The van der Waals surface area contributed by atoms with Crippen LogP contribution in [0.5, 0.6) is 0 Å². The number of benzene rings is 2. The Morgan fingerprint density at radius 1 is 0.848 bits per heavy atom. The highest BCUT2D eigenvalue weighted by atomic mass is 35.5. The minimum atomic E-state index is -3.99. The molecule has 0 saturated carbocycles. The van der Waals surface area contributed by atoms with Gasteiger partial charge in [-0.05, 0) is 36.4 Å². The number of hydrogen-bond donors (Lipinski definition) is 1. The van der Waals surface area contributed by atoms with Gasteiger partial charge in [0.1, 0.15) is 0 Å². The highest BCUT2D eigenvalue weighted by Gasteiger charge is 2.35. The second kappa shape index (κ2) is 9.44. The second-order valence-electron chi connectivity index (χ2n) is 6.96. The van der Waals surface area contributed by atoms with E-state index in [1.165, 1.54) is 28.6 Å². The number of sulfonamides is 2. The molecule has 1 aromatic heterocycles. The Balaban J connectivity index is 1.42. The summed E-state index contributed by atoms with van der Waals surface area (Å²) in [5.41, 5.74) is 0.328. The van der Waals surface area contributed by atoms with E-state index < -0.39 is 26.0 Å². The van der Waals surface area contributed by atoms with Crippen LogP contribution in [-0.2, 0) is 20.0 Å². The van der Waals surface area contributed by atoms with E-state index in [1.807, 2.05) is 0 Å². The number of carbonyl (C=O) groups is 1. The minimum Gasteiger partial charge on any atom is -0.296 e. The molecule has 0 radical (unpaired) electrons. The quantitative estimate of drug-likeness (QED) is 0.486. The normalized spacial score (nSPS) is 15.9. The summed E-state index contributed by atoms with van der Waals surface area (Å²) in [4.78, 5) is 12.5. The molecule has 1 saturated heterocycles. The van der Waals surface area contributed by atoms with E-state index in [0.29, 0.717) is 10.6 Å². The third kappa shape index (κ3) is 5.08. The van der Waals surface area contributed by atoms with Gasteiger partial charge >= 0.3 is 0 Å². The molecule has 0 atom stereocenters. The standard InChI is InChI=1S/C19H18ClN5O5S3/c20-15-8-6-14(7-9-15)17(26)21-18-22-23-19(31-18)33(29,30)25-12-10-24(11-13-25)32(27,28)16-4-2-1-3-5-16/h1-9H,10-13H2,(H,21,22,26). The Bertz CT molecular complexity index is 1350. The second-order valence-corrected chi connectivity index (χ2v) is 12.4. The molecule has 1 aliphatic heterocycles. The van der Waals surface area contributed by atoms with Gasteiger partial charge in [0.15, 0.2) is 0 Å². The summed E-state index contributed by atoms with van der Waals surface area (Å²) >= 11 is 6.53. The van der Waals surface area contributed by atoms with Gasteiger partial charge < -0.3 is 0 Å². The third-order valence-electron chi connectivity index (χ3n) is 4.87. The zero-order valence-electron chi connectivity index (χ0n) is 17.0. The van der Waals surface area contributed by atoms with Crippen molar-refractivity contribution in [1.82, 2.24) is 18.8 Å². The molecule has 2 heterocycles. The van der Waals surface area contributed by atoms with E-state index in [2.05, 4.69) is 15.5 Å². The number of halogens is 1. The summed E-state index contributed by atoms with van der Waals surface area (Å²) in [5.74, 6) is -0.480. The Hall–Kier alpha value is -2.42. The first kappa shape index (κ1) is 23.7. The summed E-state index contributed by atoms with van der Waals surface area (Å²) in [6.45, 7) is -0.0360. The average molecular weight is 528 g/mol. The third-order valence-corrected chi connectivity index (χ3v) is 10.1. The van der Waals surface area contributed by atoms with Crippen LogP contribution in [-0.4, -0.2) is 67.7 Å². The Kier molecular flexibility index (Phi) is 6.79. The summed E-state index contributed by atoms with van der Waals surface area (Å²) in [6.07, 6.45) is 0. The van der Waals surface area contributed by atoms with Gasteiger partial charge in [-0.25, -0.2) is 16.8 Å². The maximum atomic E-state index is 13.0. The fourth-order valence-electron chi connectivity index (χ4n) is 3.14. The summed E-state index contributed by atoms with van der Waals surface area (Å²) < 4.78 is 53.5. The SMILES string of the molecule is O=C(Nc1nnc(S(=O)(=O)N2CCN(S(=O)(=O)c3ccccc3)CC2)s1)c1ccc(Cl)cc1. The predicted octanol–water partition coefficient (Wildman–Crippen LogP) is 2.14. The van der Waals surface area contributed by atoms with Crippen molar-refractivity contribution in [3.05, 3.63) is 65.2 Å². The van der Waals surface area contributed by atoms with Gasteiger partial charge in [0.2, 0.25) is 19.5 Å². The van der Waals surface area contributed by atoms with Crippen molar-refractivity contribution in [3.8, 4) is 0 Å². The number of anilines is 1. The van der Waals surface area contributed by atoms with Gasteiger partial charge in [-0.1, -0.05) is 41.1 Å². The van der Waals surface area contributed by atoms with Gasteiger partial charge in [-0.15, -0.1) is 10.2 Å². The fourth-order valence-corrected chi connectivity index (χ4v) is 7.16. The predicted molar refractivity (Wildman–Crippen MR) is 123 cm³/mol. The number of nitrogens with zero attached hydrogens (tertiary/aromatic N) is 4. The molecule has 3 aromatic rings. The van der Waals surface area contributed by atoms with E-state index in [-0.39, 0.29) is 40.5 Å². The Labute approximate surface area is 199 Å². The summed E-state index contributed by atoms with van der Waals surface area (Å²) in [5, 5.41) is 10.5. The smallest absolute Gasteiger partial charge is 0.272 e. The van der Waals surface area contributed by atoms with Gasteiger partial charge in [0.25, 0.3) is 15.9 Å². The molecular weight excluding hydrogens is 510 g/mol. The lowest BCUT2D eigenvalue weighted by molar-refractivity contribution is 0.102. The maximum Gasteiger partial charge on any atom is 0.272 e. The van der Waals surface area contributed by atoms with Gasteiger partial charge in [-0.3, -0.25) is 10.1 Å². The van der Waals surface area contributed by atoms with Crippen LogP contribution in [0.15, 0.2) is 63.8 Å². The molecule has 0 spiro atoms. The Morgan fingerprint density at radius 3 is 2.03 bits per heavy atom. The van der Waals surface area contributed by atoms with Crippen LogP contribution in [0, 0.1) is 0 Å². The van der Waals surface area contributed by atoms with Gasteiger partial charge in [-0.2, -0.15) is 8.61 Å². The van der Waals surface area contributed by atoms with Gasteiger partial charge in [0, 0.05) is 36.8 Å². The van der Waals surface area contributed by atoms with E-state index in [4.69, 9.17) is 11.6 Å². The molecule has 1 amide bonds. The first-order chi connectivity index (χ1) is 15.7. The zero-order chi connectivity index (χ0) is 23.6. The lowest BCUT2D eigenvalue weighted by atomic mass is 10.2. The largest absolute Gasteiger partial charge is 0.296 e. The van der Waals surface area contributed by atoms with E-state index in [0.717, 1.165) is 15.6 Å². The average Bonchev–Trinajstić information content (AvgIpc) is 3.29. The molecule has 174 valence electrons. The lowest BCUT2D eigenvalue weighted by Crippen LogP contribution is -2.50. The van der Waals surface area contributed by atoms with Gasteiger partial charge in [0.05, 0.1) is 4.90 Å². The van der Waals surface area contributed by atoms with Crippen molar-refractivity contribution in [2.45, 2.75) is 9.24 Å². The number of amides is 1. The zero-order valence-corrected chi connectivity index (χ0v) is 20.2. The number of aromatic nitrogens is 2. The van der Waals surface area contributed by atoms with Crippen LogP contribution < -0.4 is 5.32 Å². The molecule has 0 unspecified atom stereocenters. The highest BCUT2D eigenvalue weighted by Crippen LogP contribution is 2.26. The van der Waals surface area contributed by atoms with Crippen LogP contribution in [0.4, 0.5) is 5.13 Å².